The fraction of sp³-hybridized carbons (Fsp3) is 0.0833. The summed E-state index contributed by atoms with van der Waals surface area (Å²) in [5, 5.41) is 9.94. The smallest absolute Gasteiger partial charge is 0.213 e. The summed E-state index contributed by atoms with van der Waals surface area (Å²) in [6.07, 6.45) is 0. The second kappa shape index (κ2) is 4.63. The molecular weight excluding hydrogens is 280 g/mol. The van der Waals surface area contributed by atoms with E-state index in [4.69, 9.17) is 23.2 Å². The quantitative estimate of drug-likeness (QED) is 0.828. The zero-order valence-corrected chi connectivity index (χ0v) is 10.7. The van der Waals surface area contributed by atoms with Gasteiger partial charge in [0.2, 0.25) is 11.7 Å². The summed E-state index contributed by atoms with van der Waals surface area (Å²) in [7, 11) is 0. The number of halogens is 3. The number of phenols is 1. The molecule has 2 rings (SSSR count). The largest absolute Gasteiger partial charge is 0.507 e. The van der Waals surface area contributed by atoms with Gasteiger partial charge in [0.1, 0.15) is 5.75 Å². The van der Waals surface area contributed by atoms with Crippen molar-refractivity contribution in [1.29, 1.82) is 0 Å². The molecule has 0 saturated heterocycles. The third kappa shape index (κ3) is 2.21. The molecule has 0 spiro atoms. The number of nitrogens with one attached hydrogen (secondary N) is 1. The van der Waals surface area contributed by atoms with Crippen LogP contribution in [0.3, 0.4) is 0 Å². The molecule has 1 aromatic carbocycles. The number of carbonyl (C=O) groups excluding carboxylic acids is 1. The van der Waals surface area contributed by atoms with E-state index >= 15 is 0 Å². The number of aryl methyl sites for hydroxylation is 1. The van der Waals surface area contributed by atoms with Crippen molar-refractivity contribution in [1.82, 2.24) is 4.98 Å². The zero-order valence-electron chi connectivity index (χ0n) is 9.22. The fourth-order valence-corrected chi connectivity index (χ4v) is 2.01. The SMILES string of the molecule is Cc1cc(Cl)cc(C(=O)c2cc(Cl)c(F)[nH]2)c1O. The van der Waals surface area contributed by atoms with Crippen molar-refractivity contribution in [3.8, 4) is 5.75 Å². The molecule has 0 bridgehead atoms. The predicted octanol–water partition coefficient (Wildman–Crippen LogP) is 3.71. The number of H-pyrrole nitrogens is 1. The maximum absolute atomic E-state index is 13.0. The molecule has 0 fully saturated rings. The first-order valence-corrected chi connectivity index (χ1v) is 5.73. The van der Waals surface area contributed by atoms with Crippen LogP contribution in [-0.2, 0) is 0 Å². The van der Waals surface area contributed by atoms with Gasteiger partial charge in [0.25, 0.3) is 0 Å². The summed E-state index contributed by atoms with van der Waals surface area (Å²) in [6.45, 7) is 1.61. The monoisotopic (exact) mass is 287 g/mol. The van der Waals surface area contributed by atoms with E-state index in [2.05, 4.69) is 4.98 Å². The number of carbonyl (C=O) groups is 1. The normalized spacial score (nSPS) is 10.7. The van der Waals surface area contributed by atoms with Crippen molar-refractivity contribution in [3.05, 3.63) is 51.0 Å². The standard InChI is InChI=1S/C12H8Cl2FNO2/c1-5-2-6(13)3-7(10(5)17)11(18)9-4-8(14)12(15)16-9/h2-4,16-17H,1H3. The van der Waals surface area contributed by atoms with Crippen LogP contribution >= 0.6 is 23.2 Å². The van der Waals surface area contributed by atoms with Gasteiger partial charge in [-0.15, -0.1) is 0 Å². The topological polar surface area (TPSA) is 53.1 Å². The van der Waals surface area contributed by atoms with Gasteiger partial charge >= 0.3 is 0 Å². The highest BCUT2D eigenvalue weighted by Crippen LogP contribution is 2.29. The number of aromatic amines is 1. The van der Waals surface area contributed by atoms with Crippen LogP contribution in [0.25, 0.3) is 0 Å². The highest BCUT2D eigenvalue weighted by atomic mass is 35.5. The molecule has 0 unspecified atom stereocenters. The van der Waals surface area contributed by atoms with E-state index in [1.54, 1.807) is 6.92 Å². The minimum atomic E-state index is -0.793. The molecule has 1 aromatic heterocycles. The molecule has 0 aliphatic heterocycles. The summed E-state index contributed by atoms with van der Waals surface area (Å²) in [4.78, 5) is 14.3. The van der Waals surface area contributed by atoms with Crippen LogP contribution in [0, 0.1) is 12.9 Å². The van der Waals surface area contributed by atoms with Gasteiger partial charge < -0.3 is 10.1 Å². The minimum absolute atomic E-state index is 0.00193. The molecule has 2 N–H and O–H groups in total. The Bertz CT molecular complexity index is 618. The van der Waals surface area contributed by atoms with E-state index in [1.165, 1.54) is 12.1 Å². The zero-order chi connectivity index (χ0) is 13.4. The van der Waals surface area contributed by atoms with Crippen LogP contribution in [0.2, 0.25) is 10.0 Å². The van der Waals surface area contributed by atoms with Crippen LogP contribution < -0.4 is 0 Å². The number of hydrogen-bond donors (Lipinski definition) is 2. The van der Waals surface area contributed by atoms with Crippen LogP contribution in [0.5, 0.6) is 5.75 Å². The van der Waals surface area contributed by atoms with Gasteiger partial charge in [0, 0.05) is 5.02 Å². The highest BCUT2D eigenvalue weighted by Gasteiger charge is 2.19. The summed E-state index contributed by atoms with van der Waals surface area (Å²) in [6, 6.07) is 4.00. The van der Waals surface area contributed by atoms with Gasteiger partial charge in [-0.25, -0.2) is 0 Å². The van der Waals surface area contributed by atoms with Crippen LogP contribution in [0.15, 0.2) is 18.2 Å². The molecule has 94 valence electrons. The Morgan fingerprint density at radius 3 is 2.56 bits per heavy atom. The highest BCUT2D eigenvalue weighted by molar-refractivity contribution is 6.32. The van der Waals surface area contributed by atoms with Crippen LogP contribution in [-0.4, -0.2) is 15.9 Å². The summed E-state index contributed by atoms with van der Waals surface area (Å²) >= 11 is 11.3. The summed E-state index contributed by atoms with van der Waals surface area (Å²) < 4.78 is 13.0. The van der Waals surface area contributed by atoms with E-state index in [-0.39, 0.29) is 22.0 Å². The van der Waals surface area contributed by atoms with Crippen LogP contribution in [0.4, 0.5) is 4.39 Å². The Kier molecular flexibility index (Phi) is 3.32. The maximum atomic E-state index is 13.0. The number of ketones is 1. The van der Waals surface area contributed by atoms with Gasteiger partial charge in [-0.2, -0.15) is 4.39 Å². The molecule has 0 aliphatic carbocycles. The van der Waals surface area contributed by atoms with Crippen molar-refractivity contribution in [3.63, 3.8) is 0 Å². The van der Waals surface area contributed by atoms with Crippen molar-refractivity contribution in [2.75, 3.05) is 0 Å². The van der Waals surface area contributed by atoms with E-state index in [0.29, 0.717) is 10.6 Å². The molecule has 6 heteroatoms. The third-order valence-corrected chi connectivity index (χ3v) is 2.97. The molecule has 3 nitrogen and oxygen atoms in total. The fourth-order valence-electron chi connectivity index (χ4n) is 1.58. The van der Waals surface area contributed by atoms with E-state index in [9.17, 15) is 14.3 Å². The molecule has 0 saturated carbocycles. The average Bonchev–Trinajstić information content (AvgIpc) is 2.63. The first-order chi connectivity index (χ1) is 8.40. The predicted molar refractivity (Wildman–Crippen MR) is 67.0 cm³/mol. The van der Waals surface area contributed by atoms with Gasteiger partial charge in [-0.1, -0.05) is 23.2 Å². The van der Waals surface area contributed by atoms with Crippen LogP contribution in [0.1, 0.15) is 21.6 Å². The van der Waals surface area contributed by atoms with Crippen molar-refractivity contribution in [2.24, 2.45) is 0 Å². The molecule has 2 aromatic rings. The summed E-state index contributed by atoms with van der Waals surface area (Å²) in [5.74, 6) is -1.56. The Labute approximate surface area is 112 Å². The first-order valence-electron chi connectivity index (χ1n) is 4.98. The van der Waals surface area contributed by atoms with Gasteiger partial charge in [-0.3, -0.25) is 4.79 Å². The molecule has 1 heterocycles. The van der Waals surface area contributed by atoms with Gasteiger partial charge in [-0.05, 0) is 30.7 Å². The summed E-state index contributed by atoms with van der Waals surface area (Å²) in [5.41, 5.74) is 0.413. The Balaban J connectivity index is 2.52. The second-order valence-corrected chi connectivity index (χ2v) is 4.64. The number of benzene rings is 1. The lowest BCUT2D eigenvalue weighted by molar-refractivity contribution is 0.103. The minimum Gasteiger partial charge on any atom is -0.507 e. The van der Waals surface area contributed by atoms with Crippen molar-refractivity contribution in [2.45, 2.75) is 6.92 Å². The molecule has 0 atom stereocenters. The molecular formula is C12H8Cl2FNO2. The van der Waals surface area contributed by atoms with Gasteiger partial charge in [0.15, 0.2) is 0 Å². The van der Waals surface area contributed by atoms with Crippen molar-refractivity contribution < 1.29 is 14.3 Å². The van der Waals surface area contributed by atoms with E-state index in [1.807, 2.05) is 0 Å². The second-order valence-electron chi connectivity index (χ2n) is 3.79. The Morgan fingerprint density at radius 2 is 2.00 bits per heavy atom. The lowest BCUT2D eigenvalue weighted by Gasteiger charge is -2.06. The number of rotatable bonds is 2. The van der Waals surface area contributed by atoms with E-state index < -0.39 is 11.7 Å². The molecule has 0 amide bonds. The third-order valence-electron chi connectivity index (χ3n) is 2.48. The molecule has 0 radical (unpaired) electrons. The molecule has 0 aliphatic rings. The number of phenolic OH excluding ortho intramolecular Hbond substituents is 1. The average molecular weight is 288 g/mol. The van der Waals surface area contributed by atoms with E-state index in [0.717, 1.165) is 6.07 Å². The first kappa shape index (κ1) is 12.9. The Hall–Kier alpha value is -1.52. The van der Waals surface area contributed by atoms with Crippen molar-refractivity contribution >= 4 is 29.0 Å². The number of aromatic hydroxyl groups is 1. The number of hydrogen-bond acceptors (Lipinski definition) is 2. The maximum Gasteiger partial charge on any atom is 0.213 e. The Morgan fingerprint density at radius 1 is 1.33 bits per heavy atom. The number of aromatic nitrogens is 1. The lowest BCUT2D eigenvalue weighted by Crippen LogP contribution is -2.03. The molecule has 18 heavy (non-hydrogen) atoms. The van der Waals surface area contributed by atoms with Gasteiger partial charge in [0.05, 0.1) is 16.3 Å². The lowest BCUT2D eigenvalue weighted by atomic mass is 10.0.